The molecule has 0 spiro atoms. The molecule has 0 heterocycles. The molecule has 184 valence electrons. The molecule has 0 saturated heterocycles. The number of aliphatic hydroxyl groups is 4. The highest BCUT2D eigenvalue weighted by molar-refractivity contribution is 5.43. The van der Waals surface area contributed by atoms with E-state index in [0.29, 0.717) is 0 Å². The summed E-state index contributed by atoms with van der Waals surface area (Å²) in [6, 6.07) is 15.8. The van der Waals surface area contributed by atoms with Crippen LogP contribution < -0.4 is 9.47 Å². The van der Waals surface area contributed by atoms with Crippen LogP contribution in [0.25, 0.3) is 0 Å². The van der Waals surface area contributed by atoms with Gasteiger partial charge in [0, 0.05) is 16.2 Å². The van der Waals surface area contributed by atoms with Gasteiger partial charge >= 0.3 is 0 Å². The fourth-order valence-corrected chi connectivity index (χ4v) is 4.56. The lowest BCUT2D eigenvalue weighted by Gasteiger charge is -2.59. The van der Waals surface area contributed by atoms with Crippen molar-refractivity contribution < 1.29 is 29.9 Å². The average molecular weight is 461 g/mol. The second-order valence-electron chi connectivity index (χ2n) is 10.3. The van der Waals surface area contributed by atoms with E-state index in [-0.39, 0.29) is 54.9 Å². The molecule has 6 nitrogen and oxygen atoms in total. The maximum Gasteiger partial charge on any atom is 0.119 e. The quantitative estimate of drug-likeness (QED) is 0.481. The second kappa shape index (κ2) is 10.9. The SMILES string of the molecule is CC(C)(c1cccc(OCCO)c1)c1cccc(OCCO)c1.CC1(C)C(O)C(C)(C)C1O. The van der Waals surface area contributed by atoms with E-state index in [1.54, 1.807) is 0 Å². The van der Waals surface area contributed by atoms with Gasteiger partial charge in [0.1, 0.15) is 24.7 Å². The van der Waals surface area contributed by atoms with Gasteiger partial charge < -0.3 is 29.9 Å². The van der Waals surface area contributed by atoms with Crippen molar-refractivity contribution in [3.8, 4) is 11.5 Å². The first-order valence-corrected chi connectivity index (χ1v) is 11.4. The highest BCUT2D eigenvalue weighted by atomic mass is 16.5. The van der Waals surface area contributed by atoms with Gasteiger partial charge in [0.05, 0.1) is 25.4 Å². The average Bonchev–Trinajstić information content (AvgIpc) is 2.81. The van der Waals surface area contributed by atoms with Crippen LogP contribution in [-0.2, 0) is 5.41 Å². The summed E-state index contributed by atoms with van der Waals surface area (Å²) in [7, 11) is 0. The molecule has 0 aromatic heterocycles. The highest BCUT2D eigenvalue weighted by Crippen LogP contribution is 2.53. The summed E-state index contributed by atoms with van der Waals surface area (Å²) < 4.78 is 11.0. The molecular formula is C27H40O6. The lowest BCUT2D eigenvalue weighted by atomic mass is 9.51. The number of ether oxygens (including phenoxy) is 2. The van der Waals surface area contributed by atoms with Crippen LogP contribution in [0.1, 0.15) is 52.7 Å². The van der Waals surface area contributed by atoms with Gasteiger partial charge in [-0.25, -0.2) is 0 Å². The van der Waals surface area contributed by atoms with Gasteiger partial charge in [-0.2, -0.15) is 0 Å². The van der Waals surface area contributed by atoms with Crippen molar-refractivity contribution in [2.45, 2.75) is 59.2 Å². The van der Waals surface area contributed by atoms with Gasteiger partial charge in [0.25, 0.3) is 0 Å². The maximum absolute atomic E-state index is 9.51. The van der Waals surface area contributed by atoms with Gasteiger partial charge in [-0.15, -0.1) is 0 Å². The Hall–Kier alpha value is -2.12. The van der Waals surface area contributed by atoms with Crippen molar-refractivity contribution in [1.82, 2.24) is 0 Å². The fraction of sp³-hybridized carbons (Fsp3) is 0.556. The number of rotatable bonds is 8. The lowest BCUT2D eigenvalue weighted by Crippen LogP contribution is -2.67. The molecule has 33 heavy (non-hydrogen) atoms. The molecule has 1 aliphatic carbocycles. The van der Waals surface area contributed by atoms with Gasteiger partial charge in [0.15, 0.2) is 0 Å². The van der Waals surface area contributed by atoms with Crippen LogP contribution in [0.15, 0.2) is 48.5 Å². The number of benzene rings is 2. The molecule has 0 radical (unpaired) electrons. The molecule has 0 aliphatic heterocycles. The summed E-state index contributed by atoms with van der Waals surface area (Å²) in [5.41, 5.74) is 1.38. The van der Waals surface area contributed by atoms with Crippen LogP contribution in [0, 0.1) is 10.8 Å². The molecule has 0 unspecified atom stereocenters. The molecule has 4 N–H and O–H groups in total. The molecular weight excluding hydrogens is 420 g/mol. The summed E-state index contributed by atoms with van der Waals surface area (Å²) in [5.74, 6) is 1.50. The first-order chi connectivity index (χ1) is 15.4. The summed E-state index contributed by atoms with van der Waals surface area (Å²) in [6.45, 7) is 12.4. The van der Waals surface area contributed by atoms with Gasteiger partial charge in [-0.3, -0.25) is 0 Å². The van der Waals surface area contributed by atoms with Crippen molar-refractivity contribution >= 4 is 0 Å². The topological polar surface area (TPSA) is 99.4 Å². The van der Waals surface area contributed by atoms with Crippen molar-refractivity contribution in [3.05, 3.63) is 59.7 Å². The first-order valence-electron chi connectivity index (χ1n) is 11.4. The molecule has 1 fully saturated rings. The molecule has 0 bridgehead atoms. The minimum atomic E-state index is -0.380. The Balaban J connectivity index is 0.000000321. The van der Waals surface area contributed by atoms with Crippen LogP contribution >= 0.6 is 0 Å². The molecule has 2 aromatic carbocycles. The first kappa shape index (κ1) is 27.1. The van der Waals surface area contributed by atoms with Crippen LogP contribution in [0.2, 0.25) is 0 Å². The molecule has 1 saturated carbocycles. The Morgan fingerprint density at radius 2 is 1.09 bits per heavy atom. The third kappa shape index (κ3) is 6.07. The molecule has 0 amide bonds. The Morgan fingerprint density at radius 3 is 1.39 bits per heavy atom. The molecule has 2 aromatic rings. The second-order valence-corrected chi connectivity index (χ2v) is 10.3. The number of aliphatic hydroxyl groups excluding tert-OH is 4. The van der Waals surface area contributed by atoms with E-state index >= 15 is 0 Å². The fourth-order valence-electron chi connectivity index (χ4n) is 4.56. The molecule has 6 heteroatoms. The Labute approximate surface area is 197 Å². The van der Waals surface area contributed by atoms with Crippen LogP contribution in [-0.4, -0.2) is 59.1 Å². The largest absolute Gasteiger partial charge is 0.491 e. The van der Waals surface area contributed by atoms with E-state index in [0.717, 1.165) is 22.6 Å². The van der Waals surface area contributed by atoms with Crippen LogP contribution in [0.5, 0.6) is 11.5 Å². The normalized spacial score (nSPS) is 20.8. The number of hydrogen-bond acceptors (Lipinski definition) is 6. The lowest BCUT2D eigenvalue weighted by molar-refractivity contribution is -0.247. The van der Waals surface area contributed by atoms with E-state index in [1.165, 1.54) is 0 Å². The van der Waals surface area contributed by atoms with Crippen molar-refractivity contribution in [2.75, 3.05) is 26.4 Å². The maximum atomic E-state index is 9.51. The zero-order chi connectivity index (χ0) is 24.9. The molecule has 1 aliphatic rings. The summed E-state index contributed by atoms with van der Waals surface area (Å²) >= 11 is 0. The van der Waals surface area contributed by atoms with Gasteiger partial charge in [-0.1, -0.05) is 65.8 Å². The molecule has 0 atom stereocenters. The zero-order valence-corrected chi connectivity index (χ0v) is 20.7. The predicted octanol–water partition coefficient (Wildman–Crippen LogP) is 3.53. The summed E-state index contributed by atoms with van der Waals surface area (Å²) in [6.07, 6.45) is -0.759. The van der Waals surface area contributed by atoms with Crippen molar-refractivity contribution in [3.63, 3.8) is 0 Å². The highest BCUT2D eigenvalue weighted by Gasteiger charge is 2.60. The third-order valence-corrected chi connectivity index (χ3v) is 6.65. The predicted molar refractivity (Wildman–Crippen MR) is 130 cm³/mol. The minimum absolute atomic E-state index is 0.00212. The van der Waals surface area contributed by atoms with Gasteiger partial charge in [-0.05, 0) is 35.4 Å². The van der Waals surface area contributed by atoms with E-state index < -0.39 is 0 Å². The van der Waals surface area contributed by atoms with E-state index in [4.69, 9.17) is 19.7 Å². The van der Waals surface area contributed by atoms with E-state index in [9.17, 15) is 10.2 Å². The summed E-state index contributed by atoms with van der Waals surface area (Å²) in [4.78, 5) is 0. The Morgan fingerprint density at radius 1 is 0.727 bits per heavy atom. The standard InChI is InChI=1S/C19H24O4.C8H16O2/c1-19(2,15-5-3-7-17(13-15)22-11-9-20)16-6-4-8-18(14-16)23-12-10-21;1-7(2)5(9)8(3,4)6(7)10/h3-8,13-14,20-21H,9-12H2,1-2H3;5-6,9-10H,1-4H3. The Kier molecular flexibility index (Phi) is 8.94. The minimum Gasteiger partial charge on any atom is -0.491 e. The third-order valence-electron chi connectivity index (χ3n) is 6.65. The van der Waals surface area contributed by atoms with Crippen molar-refractivity contribution in [1.29, 1.82) is 0 Å². The van der Waals surface area contributed by atoms with E-state index in [2.05, 4.69) is 26.0 Å². The zero-order valence-electron chi connectivity index (χ0n) is 20.7. The van der Waals surface area contributed by atoms with E-state index in [1.807, 2.05) is 64.1 Å². The smallest absolute Gasteiger partial charge is 0.119 e. The summed E-state index contributed by atoms with van der Waals surface area (Å²) in [5, 5.41) is 36.8. The van der Waals surface area contributed by atoms with Gasteiger partial charge in [0.2, 0.25) is 0 Å². The molecule has 3 rings (SSSR count). The van der Waals surface area contributed by atoms with Crippen LogP contribution in [0.4, 0.5) is 0 Å². The van der Waals surface area contributed by atoms with Crippen LogP contribution in [0.3, 0.4) is 0 Å². The Bertz CT molecular complexity index is 806. The monoisotopic (exact) mass is 460 g/mol. The van der Waals surface area contributed by atoms with Crippen molar-refractivity contribution in [2.24, 2.45) is 10.8 Å². The number of hydrogen-bond donors (Lipinski definition) is 4.